The number of Topliss-reactive ketones (excluding diaryl/α,β-unsaturated/α-hetero) is 1. The van der Waals surface area contributed by atoms with E-state index in [1.54, 1.807) is 0 Å². The Morgan fingerprint density at radius 3 is 2.25 bits per heavy atom. The van der Waals surface area contributed by atoms with Crippen LogP contribution >= 0.6 is 0 Å². The molecule has 3 heteroatoms. The van der Waals surface area contributed by atoms with E-state index in [4.69, 9.17) is 5.11 Å². The van der Waals surface area contributed by atoms with Crippen molar-refractivity contribution < 1.29 is 14.7 Å². The summed E-state index contributed by atoms with van der Waals surface area (Å²) in [5, 5.41) is 8.36. The Bertz CT molecular complexity index is 180. The van der Waals surface area contributed by atoms with Crippen LogP contribution in [0.5, 0.6) is 0 Å². The van der Waals surface area contributed by atoms with Gasteiger partial charge in [-0.1, -0.05) is 32.1 Å². The lowest BCUT2D eigenvalue weighted by Crippen LogP contribution is -2.18. The topological polar surface area (TPSA) is 54.4 Å². The Morgan fingerprint density at radius 2 is 1.75 bits per heavy atom. The molecule has 1 N–H and O–H groups in total. The van der Waals surface area contributed by atoms with Gasteiger partial charge >= 0.3 is 5.97 Å². The Hall–Kier alpha value is -0.860. The van der Waals surface area contributed by atoms with E-state index >= 15 is 0 Å². The van der Waals surface area contributed by atoms with Gasteiger partial charge in [0.25, 0.3) is 0 Å². The van der Waals surface area contributed by atoms with Crippen molar-refractivity contribution in [3.8, 4) is 0 Å². The van der Waals surface area contributed by atoms with Crippen LogP contribution in [0.1, 0.15) is 38.5 Å². The van der Waals surface area contributed by atoms with Crippen LogP contribution in [0.25, 0.3) is 0 Å². The van der Waals surface area contributed by atoms with E-state index in [2.05, 4.69) is 0 Å². The summed E-state index contributed by atoms with van der Waals surface area (Å²) in [6, 6.07) is 0. The van der Waals surface area contributed by atoms with Crippen LogP contribution in [0.15, 0.2) is 0 Å². The molecule has 1 rings (SSSR count). The average Bonchev–Trinajstić information content (AvgIpc) is 2.06. The fourth-order valence-corrected chi connectivity index (χ4v) is 1.74. The van der Waals surface area contributed by atoms with Gasteiger partial charge in [-0.15, -0.1) is 0 Å². The van der Waals surface area contributed by atoms with Gasteiger partial charge in [0.2, 0.25) is 5.78 Å². The lowest BCUT2D eigenvalue weighted by atomic mass is 9.86. The number of aliphatic carboxylic acids is 1. The second-order valence-corrected chi connectivity index (χ2v) is 3.44. The summed E-state index contributed by atoms with van der Waals surface area (Å²) in [6.45, 7) is 0. The zero-order chi connectivity index (χ0) is 8.97. The largest absolute Gasteiger partial charge is 0.476 e. The predicted octanol–water partition coefficient (Wildman–Crippen LogP) is 1.61. The summed E-state index contributed by atoms with van der Waals surface area (Å²) in [7, 11) is 0. The Balaban J connectivity index is 2.29. The van der Waals surface area contributed by atoms with E-state index < -0.39 is 11.8 Å². The van der Waals surface area contributed by atoms with Gasteiger partial charge in [0.05, 0.1) is 0 Å². The van der Waals surface area contributed by atoms with Gasteiger partial charge in [-0.05, 0) is 5.92 Å². The van der Waals surface area contributed by atoms with E-state index in [-0.39, 0.29) is 6.42 Å². The Labute approximate surface area is 71.8 Å². The molecule has 0 saturated heterocycles. The maximum atomic E-state index is 10.8. The van der Waals surface area contributed by atoms with Crippen LogP contribution in [-0.4, -0.2) is 16.9 Å². The fourth-order valence-electron chi connectivity index (χ4n) is 1.74. The molecule has 0 radical (unpaired) electrons. The Morgan fingerprint density at radius 1 is 1.17 bits per heavy atom. The van der Waals surface area contributed by atoms with E-state index in [1.165, 1.54) is 6.42 Å². The van der Waals surface area contributed by atoms with E-state index in [0.717, 1.165) is 25.7 Å². The molecule has 12 heavy (non-hydrogen) atoms. The van der Waals surface area contributed by atoms with Crippen molar-refractivity contribution >= 4 is 11.8 Å². The summed E-state index contributed by atoms with van der Waals surface area (Å²) in [4.78, 5) is 21.0. The highest BCUT2D eigenvalue weighted by Crippen LogP contribution is 2.26. The first-order valence-electron chi connectivity index (χ1n) is 4.46. The number of ketones is 1. The highest BCUT2D eigenvalue weighted by atomic mass is 16.4. The van der Waals surface area contributed by atoms with Crippen LogP contribution in [-0.2, 0) is 9.59 Å². The zero-order valence-electron chi connectivity index (χ0n) is 7.08. The average molecular weight is 170 g/mol. The SMILES string of the molecule is O=C(O)C(=O)CC1CCCCC1. The minimum Gasteiger partial charge on any atom is -0.476 e. The molecule has 1 aliphatic carbocycles. The van der Waals surface area contributed by atoms with Crippen molar-refractivity contribution in [3.05, 3.63) is 0 Å². The maximum absolute atomic E-state index is 10.8. The van der Waals surface area contributed by atoms with E-state index in [0.29, 0.717) is 5.92 Å². The number of hydrogen-bond acceptors (Lipinski definition) is 2. The third-order valence-electron chi connectivity index (χ3n) is 2.44. The van der Waals surface area contributed by atoms with Crippen molar-refractivity contribution in [2.45, 2.75) is 38.5 Å². The van der Waals surface area contributed by atoms with Crippen LogP contribution in [0.3, 0.4) is 0 Å². The summed E-state index contributed by atoms with van der Waals surface area (Å²) >= 11 is 0. The second kappa shape index (κ2) is 4.24. The van der Waals surface area contributed by atoms with Crippen LogP contribution in [0, 0.1) is 5.92 Å². The highest BCUT2D eigenvalue weighted by molar-refractivity contribution is 6.32. The summed E-state index contributed by atoms with van der Waals surface area (Å²) in [6.07, 6.45) is 5.83. The summed E-state index contributed by atoms with van der Waals surface area (Å²) < 4.78 is 0. The highest BCUT2D eigenvalue weighted by Gasteiger charge is 2.20. The molecule has 0 unspecified atom stereocenters. The van der Waals surface area contributed by atoms with Crippen LogP contribution in [0.4, 0.5) is 0 Å². The standard InChI is InChI=1S/C9H14O3/c10-8(9(11)12)6-7-4-2-1-3-5-7/h7H,1-6H2,(H,11,12). The van der Waals surface area contributed by atoms with Crippen molar-refractivity contribution in [2.75, 3.05) is 0 Å². The first-order valence-corrected chi connectivity index (χ1v) is 4.46. The fraction of sp³-hybridized carbons (Fsp3) is 0.778. The van der Waals surface area contributed by atoms with Crippen LogP contribution < -0.4 is 0 Å². The van der Waals surface area contributed by atoms with E-state index in [9.17, 15) is 9.59 Å². The smallest absolute Gasteiger partial charge is 0.372 e. The zero-order valence-corrected chi connectivity index (χ0v) is 7.08. The van der Waals surface area contributed by atoms with Gasteiger partial charge in [-0.2, -0.15) is 0 Å². The number of hydrogen-bond donors (Lipinski definition) is 1. The van der Waals surface area contributed by atoms with Gasteiger partial charge in [0.15, 0.2) is 0 Å². The molecule has 0 aromatic carbocycles. The second-order valence-electron chi connectivity index (χ2n) is 3.44. The molecule has 3 nitrogen and oxygen atoms in total. The molecule has 0 spiro atoms. The third kappa shape index (κ3) is 2.64. The summed E-state index contributed by atoms with van der Waals surface area (Å²) in [5.41, 5.74) is 0. The molecule has 1 fully saturated rings. The first kappa shape index (κ1) is 9.23. The molecule has 0 aromatic heterocycles. The molecule has 0 bridgehead atoms. The predicted molar refractivity (Wildman–Crippen MR) is 43.8 cm³/mol. The molecule has 0 aromatic rings. The molecule has 0 amide bonds. The van der Waals surface area contributed by atoms with Crippen molar-refractivity contribution in [2.24, 2.45) is 5.92 Å². The van der Waals surface area contributed by atoms with E-state index in [1.807, 2.05) is 0 Å². The van der Waals surface area contributed by atoms with Gasteiger partial charge in [-0.3, -0.25) is 4.79 Å². The van der Waals surface area contributed by atoms with Gasteiger partial charge in [0.1, 0.15) is 0 Å². The lowest BCUT2D eigenvalue weighted by Gasteiger charge is -2.19. The normalized spacial score (nSPS) is 19.0. The van der Waals surface area contributed by atoms with Gasteiger partial charge in [-0.25, -0.2) is 4.79 Å². The first-order chi connectivity index (χ1) is 5.70. The molecule has 1 saturated carbocycles. The maximum Gasteiger partial charge on any atom is 0.372 e. The molecule has 0 aliphatic heterocycles. The minimum absolute atomic E-state index is 0.245. The number of rotatable bonds is 3. The third-order valence-corrected chi connectivity index (χ3v) is 2.44. The Kier molecular flexibility index (Phi) is 3.26. The molecular formula is C9H14O3. The number of carboxylic acid groups (broad SMARTS) is 1. The van der Waals surface area contributed by atoms with Gasteiger partial charge < -0.3 is 5.11 Å². The quantitative estimate of drug-likeness (QED) is 0.654. The minimum atomic E-state index is -1.28. The number of carboxylic acids is 1. The monoisotopic (exact) mass is 170 g/mol. The molecule has 68 valence electrons. The summed E-state index contributed by atoms with van der Waals surface area (Å²) in [5.74, 6) is -1.56. The van der Waals surface area contributed by atoms with Crippen LogP contribution in [0.2, 0.25) is 0 Å². The number of carbonyl (C=O) groups is 2. The lowest BCUT2D eigenvalue weighted by molar-refractivity contribution is -0.149. The molecular weight excluding hydrogens is 156 g/mol. The number of carbonyl (C=O) groups excluding carboxylic acids is 1. The van der Waals surface area contributed by atoms with Gasteiger partial charge in [0, 0.05) is 6.42 Å². The molecule has 0 atom stereocenters. The molecule has 0 heterocycles. The van der Waals surface area contributed by atoms with Crippen molar-refractivity contribution in [1.29, 1.82) is 0 Å². The van der Waals surface area contributed by atoms with Crippen molar-refractivity contribution in [1.82, 2.24) is 0 Å². The molecule has 1 aliphatic rings. The van der Waals surface area contributed by atoms with Crippen molar-refractivity contribution in [3.63, 3.8) is 0 Å².